The highest BCUT2D eigenvalue weighted by Gasteiger charge is 2.15. The van der Waals surface area contributed by atoms with E-state index in [1.54, 1.807) is 0 Å². The minimum Gasteiger partial charge on any atom is -0.396 e. The fourth-order valence-electron chi connectivity index (χ4n) is 1.53. The monoisotopic (exact) mass is 285 g/mol. The fourth-order valence-corrected chi connectivity index (χ4v) is 2.69. The summed E-state index contributed by atoms with van der Waals surface area (Å²) >= 11 is 0. The lowest BCUT2D eigenvalue weighted by molar-refractivity contribution is 0.101. The zero-order valence-electron chi connectivity index (χ0n) is 11.1. The van der Waals surface area contributed by atoms with E-state index in [1.165, 1.54) is 31.2 Å². The van der Waals surface area contributed by atoms with Crippen molar-refractivity contribution in [2.75, 3.05) is 13.2 Å². The van der Waals surface area contributed by atoms with Gasteiger partial charge in [-0.15, -0.1) is 0 Å². The third kappa shape index (κ3) is 4.74. The van der Waals surface area contributed by atoms with Gasteiger partial charge in [-0.05, 0) is 31.4 Å². The van der Waals surface area contributed by atoms with Crippen LogP contribution in [0, 0.1) is 5.92 Å². The van der Waals surface area contributed by atoms with Gasteiger partial charge in [0.15, 0.2) is 5.78 Å². The van der Waals surface area contributed by atoms with E-state index in [-0.39, 0.29) is 29.7 Å². The lowest BCUT2D eigenvalue weighted by atomic mass is 10.1. The van der Waals surface area contributed by atoms with Gasteiger partial charge in [0, 0.05) is 18.7 Å². The molecule has 2 N–H and O–H groups in total. The molecule has 106 valence electrons. The lowest BCUT2D eigenvalue weighted by Gasteiger charge is -2.11. The summed E-state index contributed by atoms with van der Waals surface area (Å²) in [6.45, 7) is 3.60. The number of benzene rings is 1. The third-order valence-corrected chi connectivity index (χ3v) is 4.25. The normalized spacial score (nSPS) is 13.2. The van der Waals surface area contributed by atoms with Crippen LogP contribution in [0.1, 0.15) is 30.6 Å². The molecule has 0 aliphatic rings. The first kappa shape index (κ1) is 15.8. The van der Waals surface area contributed by atoms with Crippen LogP contribution in [0.15, 0.2) is 29.2 Å². The summed E-state index contributed by atoms with van der Waals surface area (Å²) in [6.07, 6.45) is 0.547. The summed E-state index contributed by atoms with van der Waals surface area (Å²) in [7, 11) is -3.56. The van der Waals surface area contributed by atoms with E-state index in [0.717, 1.165) is 0 Å². The van der Waals surface area contributed by atoms with Gasteiger partial charge in [0.25, 0.3) is 0 Å². The molecule has 0 radical (unpaired) electrons. The van der Waals surface area contributed by atoms with Gasteiger partial charge in [0.2, 0.25) is 10.0 Å². The van der Waals surface area contributed by atoms with E-state index in [9.17, 15) is 13.2 Å². The number of sulfonamides is 1. The molecule has 0 aromatic heterocycles. The quantitative estimate of drug-likeness (QED) is 0.737. The van der Waals surface area contributed by atoms with Crippen molar-refractivity contribution in [2.24, 2.45) is 5.92 Å². The van der Waals surface area contributed by atoms with Crippen LogP contribution in [-0.4, -0.2) is 32.5 Å². The summed E-state index contributed by atoms with van der Waals surface area (Å²) in [4.78, 5) is 11.2. The number of rotatable bonds is 7. The highest BCUT2D eigenvalue weighted by atomic mass is 32.2. The summed E-state index contributed by atoms with van der Waals surface area (Å²) in [5.74, 6) is -0.0373. The van der Waals surface area contributed by atoms with E-state index < -0.39 is 10.0 Å². The Kier molecular flexibility index (Phi) is 5.65. The van der Waals surface area contributed by atoms with Gasteiger partial charge in [-0.1, -0.05) is 19.1 Å². The SMILES string of the molecule is CC(=O)c1ccc(S(=O)(=O)NCC(C)CCO)cc1. The summed E-state index contributed by atoms with van der Waals surface area (Å²) < 4.78 is 26.4. The van der Waals surface area contributed by atoms with Crippen LogP contribution in [0.5, 0.6) is 0 Å². The van der Waals surface area contributed by atoms with Crippen LogP contribution in [-0.2, 0) is 10.0 Å². The van der Waals surface area contributed by atoms with Crippen molar-refractivity contribution in [3.8, 4) is 0 Å². The van der Waals surface area contributed by atoms with Crippen LogP contribution < -0.4 is 4.72 Å². The van der Waals surface area contributed by atoms with Gasteiger partial charge in [-0.25, -0.2) is 13.1 Å². The predicted molar refractivity (Wildman–Crippen MR) is 72.5 cm³/mol. The Hall–Kier alpha value is -1.24. The molecule has 1 aromatic carbocycles. The average molecular weight is 285 g/mol. The van der Waals surface area contributed by atoms with E-state index >= 15 is 0 Å². The van der Waals surface area contributed by atoms with Crippen LogP contribution in [0.3, 0.4) is 0 Å². The largest absolute Gasteiger partial charge is 0.396 e. The van der Waals surface area contributed by atoms with E-state index in [0.29, 0.717) is 12.0 Å². The number of aliphatic hydroxyl groups excluding tert-OH is 1. The van der Waals surface area contributed by atoms with Gasteiger partial charge in [0.05, 0.1) is 4.90 Å². The molecule has 1 atom stereocenters. The Morgan fingerprint density at radius 3 is 2.37 bits per heavy atom. The second kappa shape index (κ2) is 6.79. The van der Waals surface area contributed by atoms with Crippen molar-refractivity contribution < 1.29 is 18.3 Å². The zero-order chi connectivity index (χ0) is 14.5. The first-order chi connectivity index (χ1) is 8.86. The number of aliphatic hydroxyl groups is 1. The molecule has 1 aromatic rings. The van der Waals surface area contributed by atoms with Gasteiger partial charge < -0.3 is 5.11 Å². The van der Waals surface area contributed by atoms with Crippen molar-refractivity contribution in [1.82, 2.24) is 4.72 Å². The maximum Gasteiger partial charge on any atom is 0.240 e. The highest BCUT2D eigenvalue weighted by Crippen LogP contribution is 2.11. The summed E-state index contributed by atoms with van der Waals surface area (Å²) in [5.41, 5.74) is 0.479. The van der Waals surface area contributed by atoms with Crippen molar-refractivity contribution in [3.05, 3.63) is 29.8 Å². The number of hydrogen-bond acceptors (Lipinski definition) is 4. The molecule has 1 rings (SSSR count). The van der Waals surface area contributed by atoms with Crippen molar-refractivity contribution in [3.63, 3.8) is 0 Å². The Morgan fingerprint density at radius 2 is 1.89 bits per heavy atom. The molecule has 6 heteroatoms. The van der Waals surface area contributed by atoms with Crippen LogP contribution in [0.2, 0.25) is 0 Å². The van der Waals surface area contributed by atoms with Crippen molar-refractivity contribution in [1.29, 1.82) is 0 Å². The zero-order valence-corrected chi connectivity index (χ0v) is 11.9. The van der Waals surface area contributed by atoms with Crippen LogP contribution >= 0.6 is 0 Å². The molecule has 5 nitrogen and oxygen atoms in total. The van der Waals surface area contributed by atoms with Gasteiger partial charge in [-0.3, -0.25) is 4.79 Å². The molecule has 0 amide bonds. The van der Waals surface area contributed by atoms with E-state index in [1.807, 2.05) is 6.92 Å². The van der Waals surface area contributed by atoms with Crippen molar-refractivity contribution in [2.45, 2.75) is 25.2 Å². The molecule has 0 aliphatic carbocycles. The Balaban J connectivity index is 2.74. The fraction of sp³-hybridized carbons (Fsp3) is 0.462. The number of carbonyl (C=O) groups excluding carboxylic acids is 1. The molecule has 0 fully saturated rings. The smallest absolute Gasteiger partial charge is 0.240 e. The number of nitrogens with one attached hydrogen (secondary N) is 1. The molecule has 0 saturated carbocycles. The van der Waals surface area contributed by atoms with Gasteiger partial charge in [-0.2, -0.15) is 0 Å². The maximum absolute atomic E-state index is 12.0. The van der Waals surface area contributed by atoms with Gasteiger partial charge >= 0.3 is 0 Å². The molecule has 0 heterocycles. The second-order valence-corrected chi connectivity index (χ2v) is 6.32. The Bertz CT molecular complexity index is 522. The topological polar surface area (TPSA) is 83.5 Å². The number of hydrogen-bond donors (Lipinski definition) is 2. The molecule has 0 aliphatic heterocycles. The Morgan fingerprint density at radius 1 is 1.32 bits per heavy atom. The van der Waals surface area contributed by atoms with E-state index in [4.69, 9.17) is 5.11 Å². The summed E-state index contributed by atoms with van der Waals surface area (Å²) in [5, 5.41) is 8.76. The third-order valence-electron chi connectivity index (χ3n) is 2.81. The standard InChI is InChI=1S/C13H19NO4S/c1-10(7-8-15)9-14-19(17,18)13-5-3-12(4-6-13)11(2)16/h3-6,10,14-15H,7-9H2,1-2H3. The minimum atomic E-state index is -3.56. The van der Waals surface area contributed by atoms with E-state index in [2.05, 4.69) is 4.72 Å². The molecular formula is C13H19NO4S. The predicted octanol–water partition coefficient (Wildman–Crippen LogP) is 1.19. The highest BCUT2D eigenvalue weighted by molar-refractivity contribution is 7.89. The van der Waals surface area contributed by atoms with Crippen LogP contribution in [0.25, 0.3) is 0 Å². The first-order valence-electron chi connectivity index (χ1n) is 6.08. The molecule has 1 unspecified atom stereocenters. The number of ketones is 1. The van der Waals surface area contributed by atoms with Gasteiger partial charge in [0.1, 0.15) is 0 Å². The minimum absolute atomic E-state index is 0.0379. The average Bonchev–Trinajstić information content (AvgIpc) is 2.37. The molecule has 0 spiro atoms. The second-order valence-electron chi connectivity index (χ2n) is 4.55. The van der Waals surface area contributed by atoms with Crippen molar-refractivity contribution >= 4 is 15.8 Å². The molecular weight excluding hydrogens is 266 g/mol. The maximum atomic E-state index is 12.0. The molecule has 0 saturated heterocycles. The first-order valence-corrected chi connectivity index (χ1v) is 7.56. The van der Waals surface area contributed by atoms with Crippen LogP contribution in [0.4, 0.5) is 0 Å². The molecule has 0 bridgehead atoms. The summed E-state index contributed by atoms with van der Waals surface area (Å²) in [6, 6.07) is 5.81. The number of carbonyl (C=O) groups is 1. The Labute approximate surface area is 113 Å². The number of Topliss-reactive ketones (excluding diaryl/α,β-unsaturated/α-hetero) is 1. The lowest BCUT2D eigenvalue weighted by Crippen LogP contribution is -2.28. The molecule has 19 heavy (non-hydrogen) atoms.